The fourth-order valence-electron chi connectivity index (χ4n) is 2.86. The molecule has 2 amide bonds. The van der Waals surface area contributed by atoms with Gasteiger partial charge in [0.15, 0.2) is 0 Å². The SMILES string of the molecule is Cc1cc(C)c(NC(=O)c2cccc(C(=O)N3CCOCC3)n2)c(Cl)c1. The van der Waals surface area contributed by atoms with E-state index in [0.29, 0.717) is 37.0 Å². The van der Waals surface area contributed by atoms with Crippen molar-refractivity contribution in [2.24, 2.45) is 0 Å². The number of nitrogens with one attached hydrogen (secondary N) is 1. The Hall–Kier alpha value is -2.44. The topological polar surface area (TPSA) is 71.5 Å². The minimum atomic E-state index is -0.407. The Morgan fingerprint density at radius 1 is 1.15 bits per heavy atom. The highest BCUT2D eigenvalue weighted by Gasteiger charge is 2.21. The molecule has 1 aromatic heterocycles. The van der Waals surface area contributed by atoms with E-state index >= 15 is 0 Å². The van der Waals surface area contributed by atoms with Gasteiger partial charge in [0.05, 0.1) is 23.9 Å². The number of aromatic nitrogens is 1. The first-order valence-corrected chi connectivity index (χ1v) is 8.75. The van der Waals surface area contributed by atoms with Crippen molar-refractivity contribution in [1.82, 2.24) is 9.88 Å². The Bertz CT molecular complexity index is 825. The highest BCUT2D eigenvalue weighted by molar-refractivity contribution is 6.34. The summed E-state index contributed by atoms with van der Waals surface area (Å²) in [6.07, 6.45) is 0. The fraction of sp³-hybridized carbons (Fsp3) is 0.316. The second-order valence-electron chi connectivity index (χ2n) is 6.21. The van der Waals surface area contributed by atoms with Crippen LogP contribution in [0.15, 0.2) is 30.3 Å². The van der Waals surface area contributed by atoms with Gasteiger partial charge in [-0.25, -0.2) is 4.98 Å². The van der Waals surface area contributed by atoms with E-state index in [1.807, 2.05) is 19.9 Å². The van der Waals surface area contributed by atoms with Gasteiger partial charge in [0, 0.05) is 13.1 Å². The maximum atomic E-state index is 12.6. The number of pyridine rings is 1. The van der Waals surface area contributed by atoms with Gasteiger partial charge in [-0.15, -0.1) is 0 Å². The normalized spacial score (nSPS) is 14.2. The van der Waals surface area contributed by atoms with E-state index in [2.05, 4.69) is 10.3 Å². The van der Waals surface area contributed by atoms with Gasteiger partial charge in [0.2, 0.25) is 0 Å². The molecule has 0 bridgehead atoms. The second kappa shape index (κ2) is 7.85. The van der Waals surface area contributed by atoms with Crippen molar-refractivity contribution in [3.63, 3.8) is 0 Å². The Morgan fingerprint density at radius 2 is 1.85 bits per heavy atom. The molecule has 0 atom stereocenters. The molecule has 0 saturated carbocycles. The molecule has 2 aromatic rings. The molecule has 7 heteroatoms. The van der Waals surface area contributed by atoms with Crippen LogP contribution in [0.4, 0.5) is 5.69 Å². The van der Waals surface area contributed by atoms with Crippen molar-refractivity contribution in [2.45, 2.75) is 13.8 Å². The zero-order chi connectivity index (χ0) is 18.7. The van der Waals surface area contributed by atoms with Gasteiger partial charge in [-0.1, -0.05) is 23.7 Å². The van der Waals surface area contributed by atoms with Crippen LogP contribution >= 0.6 is 11.6 Å². The number of hydrogen-bond acceptors (Lipinski definition) is 4. The predicted molar refractivity (Wildman–Crippen MR) is 99.8 cm³/mol. The number of nitrogens with zero attached hydrogens (tertiary/aromatic N) is 2. The lowest BCUT2D eigenvalue weighted by Crippen LogP contribution is -2.41. The molecular formula is C19H20ClN3O3. The number of anilines is 1. The van der Waals surface area contributed by atoms with E-state index in [-0.39, 0.29) is 17.3 Å². The molecule has 26 heavy (non-hydrogen) atoms. The third-order valence-corrected chi connectivity index (χ3v) is 4.47. The molecule has 0 aliphatic carbocycles. The third-order valence-electron chi connectivity index (χ3n) is 4.17. The number of ether oxygens (including phenoxy) is 1. The second-order valence-corrected chi connectivity index (χ2v) is 6.61. The third kappa shape index (κ3) is 4.03. The van der Waals surface area contributed by atoms with Gasteiger partial charge in [0.25, 0.3) is 11.8 Å². The Labute approximate surface area is 157 Å². The molecule has 3 rings (SSSR count). The fourth-order valence-corrected chi connectivity index (χ4v) is 3.23. The van der Waals surface area contributed by atoms with Crippen LogP contribution in [0.5, 0.6) is 0 Å². The van der Waals surface area contributed by atoms with Gasteiger partial charge >= 0.3 is 0 Å². The van der Waals surface area contributed by atoms with Crippen LogP contribution < -0.4 is 5.32 Å². The number of amides is 2. The summed E-state index contributed by atoms with van der Waals surface area (Å²) in [7, 11) is 0. The number of hydrogen-bond donors (Lipinski definition) is 1. The summed E-state index contributed by atoms with van der Waals surface area (Å²) in [5.74, 6) is -0.608. The minimum absolute atomic E-state index is 0.167. The van der Waals surface area contributed by atoms with Gasteiger partial charge in [-0.05, 0) is 43.2 Å². The predicted octanol–water partition coefficient (Wildman–Crippen LogP) is 3.08. The van der Waals surface area contributed by atoms with E-state index in [4.69, 9.17) is 16.3 Å². The highest BCUT2D eigenvalue weighted by Crippen LogP contribution is 2.27. The van der Waals surface area contributed by atoms with Crippen LogP contribution in [0.1, 0.15) is 32.1 Å². The number of benzene rings is 1. The highest BCUT2D eigenvalue weighted by atomic mass is 35.5. The number of carbonyl (C=O) groups excluding carboxylic acids is 2. The van der Waals surface area contributed by atoms with Gasteiger partial charge in [-0.3, -0.25) is 9.59 Å². The van der Waals surface area contributed by atoms with Crippen molar-refractivity contribution in [3.05, 3.63) is 57.9 Å². The lowest BCUT2D eigenvalue weighted by atomic mass is 10.1. The molecule has 0 radical (unpaired) electrons. The lowest BCUT2D eigenvalue weighted by molar-refractivity contribution is 0.0299. The van der Waals surface area contributed by atoms with Gasteiger partial charge < -0.3 is 15.0 Å². The smallest absolute Gasteiger partial charge is 0.274 e. The molecular weight excluding hydrogens is 354 g/mol. The zero-order valence-electron chi connectivity index (χ0n) is 14.7. The molecule has 1 N–H and O–H groups in total. The zero-order valence-corrected chi connectivity index (χ0v) is 15.5. The molecule has 1 fully saturated rings. The van der Waals surface area contributed by atoms with Crippen molar-refractivity contribution in [1.29, 1.82) is 0 Å². The van der Waals surface area contributed by atoms with Gasteiger partial charge in [-0.2, -0.15) is 0 Å². The summed E-state index contributed by atoms with van der Waals surface area (Å²) in [5.41, 5.74) is 2.84. The Balaban J connectivity index is 1.79. The summed E-state index contributed by atoms with van der Waals surface area (Å²) in [4.78, 5) is 31.0. The van der Waals surface area contributed by atoms with Crippen molar-refractivity contribution in [3.8, 4) is 0 Å². The molecule has 1 aliphatic heterocycles. The van der Waals surface area contributed by atoms with E-state index in [1.54, 1.807) is 29.2 Å². The van der Waals surface area contributed by atoms with Crippen molar-refractivity contribution < 1.29 is 14.3 Å². The average molecular weight is 374 g/mol. The summed E-state index contributed by atoms with van der Waals surface area (Å²) in [5, 5.41) is 3.26. The quantitative estimate of drug-likeness (QED) is 0.897. The van der Waals surface area contributed by atoms with Crippen LogP contribution in [-0.4, -0.2) is 48.0 Å². The minimum Gasteiger partial charge on any atom is -0.378 e. The molecule has 2 heterocycles. The van der Waals surface area contributed by atoms with E-state index in [0.717, 1.165) is 11.1 Å². The van der Waals surface area contributed by atoms with Crippen LogP contribution in [-0.2, 0) is 4.74 Å². The standard InChI is InChI=1S/C19H20ClN3O3/c1-12-10-13(2)17(14(20)11-12)22-18(24)15-4-3-5-16(21-15)19(25)23-6-8-26-9-7-23/h3-5,10-11H,6-9H2,1-2H3,(H,22,24). The maximum Gasteiger partial charge on any atom is 0.274 e. The first kappa shape index (κ1) is 18.4. The molecule has 1 aliphatic rings. The number of aryl methyl sites for hydroxylation is 2. The number of morpholine rings is 1. The molecule has 0 unspecified atom stereocenters. The molecule has 0 spiro atoms. The molecule has 1 saturated heterocycles. The average Bonchev–Trinajstić information content (AvgIpc) is 2.64. The molecule has 6 nitrogen and oxygen atoms in total. The largest absolute Gasteiger partial charge is 0.378 e. The lowest BCUT2D eigenvalue weighted by Gasteiger charge is -2.26. The van der Waals surface area contributed by atoms with E-state index in [9.17, 15) is 9.59 Å². The number of rotatable bonds is 3. The Kier molecular flexibility index (Phi) is 5.54. The van der Waals surface area contributed by atoms with E-state index in [1.165, 1.54) is 0 Å². The summed E-state index contributed by atoms with van der Waals surface area (Å²) in [6, 6.07) is 8.56. The van der Waals surface area contributed by atoms with Gasteiger partial charge in [0.1, 0.15) is 11.4 Å². The van der Waals surface area contributed by atoms with Crippen LogP contribution in [0.2, 0.25) is 5.02 Å². The molecule has 136 valence electrons. The number of carbonyl (C=O) groups is 2. The van der Waals surface area contributed by atoms with E-state index < -0.39 is 5.91 Å². The Morgan fingerprint density at radius 3 is 2.54 bits per heavy atom. The first-order chi connectivity index (χ1) is 12.5. The first-order valence-electron chi connectivity index (χ1n) is 8.38. The summed E-state index contributed by atoms with van der Waals surface area (Å²) >= 11 is 6.24. The molecule has 1 aromatic carbocycles. The van der Waals surface area contributed by atoms with Crippen LogP contribution in [0, 0.1) is 13.8 Å². The van der Waals surface area contributed by atoms with Crippen LogP contribution in [0.25, 0.3) is 0 Å². The van der Waals surface area contributed by atoms with Crippen molar-refractivity contribution >= 4 is 29.1 Å². The number of halogens is 1. The summed E-state index contributed by atoms with van der Waals surface area (Å²) < 4.78 is 5.25. The monoisotopic (exact) mass is 373 g/mol. The maximum absolute atomic E-state index is 12.6. The van der Waals surface area contributed by atoms with Crippen LogP contribution in [0.3, 0.4) is 0 Å². The van der Waals surface area contributed by atoms with Crippen molar-refractivity contribution in [2.75, 3.05) is 31.6 Å². The summed E-state index contributed by atoms with van der Waals surface area (Å²) in [6.45, 7) is 5.88.